The maximum Gasteiger partial charge on any atom is 0.249 e. The van der Waals surface area contributed by atoms with Gasteiger partial charge in [-0.1, -0.05) is 238 Å². The molecule has 55 heavy (non-hydrogen) atoms. The predicted molar refractivity (Wildman–Crippen MR) is 238 cm³/mol. The molecule has 6 nitrogen and oxygen atoms in total. The van der Waals surface area contributed by atoms with Crippen LogP contribution in [0.3, 0.4) is 0 Å². The van der Waals surface area contributed by atoms with Crippen molar-refractivity contribution in [2.45, 2.75) is 289 Å². The van der Waals surface area contributed by atoms with Crippen LogP contribution >= 0.6 is 0 Å². The largest absolute Gasteiger partial charge is 0.394 e. The molecule has 0 spiro atoms. The van der Waals surface area contributed by atoms with Crippen LogP contribution in [0.25, 0.3) is 0 Å². The molecule has 0 saturated heterocycles. The highest BCUT2D eigenvalue weighted by Gasteiger charge is 2.28. The number of aliphatic hydroxyl groups is 4. The Kier molecular flexibility index (Phi) is 43.4. The minimum Gasteiger partial charge on any atom is -0.394 e. The molecule has 0 aromatic rings. The molecule has 0 bridgehead atoms. The van der Waals surface area contributed by atoms with Crippen LogP contribution in [0.15, 0.2) is 12.2 Å². The van der Waals surface area contributed by atoms with E-state index in [1.54, 1.807) is 0 Å². The number of rotatable bonds is 45. The lowest BCUT2D eigenvalue weighted by molar-refractivity contribution is -0.132. The Morgan fingerprint density at radius 3 is 1.07 bits per heavy atom. The van der Waals surface area contributed by atoms with Crippen molar-refractivity contribution < 1.29 is 25.2 Å². The van der Waals surface area contributed by atoms with Crippen molar-refractivity contribution in [2.75, 3.05) is 6.61 Å². The summed E-state index contributed by atoms with van der Waals surface area (Å²) in [6.45, 7) is 4.05. The number of aliphatic hydroxyl groups excluding tert-OH is 4. The molecule has 0 rings (SSSR count). The van der Waals surface area contributed by atoms with Gasteiger partial charge in [-0.3, -0.25) is 4.79 Å². The lowest BCUT2D eigenvalue weighted by atomic mass is 9.99. The molecule has 6 heteroatoms. The molecular weight excluding hydrogens is 683 g/mol. The Bertz CT molecular complexity index is 791. The number of carbonyl (C=O) groups excluding carboxylic acids is 1. The van der Waals surface area contributed by atoms with E-state index in [0.717, 1.165) is 44.9 Å². The molecule has 0 aliphatic heterocycles. The van der Waals surface area contributed by atoms with E-state index < -0.39 is 36.9 Å². The van der Waals surface area contributed by atoms with Crippen molar-refractivity contribution in [3.8, 4) is 0 Å². The van der Waals surface area contributed by atoms with Crippen molar-refractivity contribution in [3.63, 3.8) is 0 Å². The van der Waals surface area contributed by atoms with E-state index in [9.17, 15) is 25.2 Å². The van der Waals surface area contributed by atoms with Gasteiger partial charge in [-0.15, -0.1) is 0 Å². The number of amides is 1. The first-order chi connectivity index (χ1) is 27.0. The molecule has 0 aromatic heterocycles. The number of hydrogen-bond donors (Lipinski definition) is 5. The van der Waals surface area contributed by atoms with Crippen molar-refractivity contribution in [1.29, 1.82) is 0 Å². The van der Waals surface area contributed by atoms with Gasteiger partial charge in [-0.05, 0) is 38.5 Å². The molecular formula is C49H97NO5. The number of hydrogen-bond acceptors (Lipinski definition) is 5. The summed E-state index contributed by atoms with van der Waals surface area (Å²) < 4.78 is 0. The standard InChI is InChI=1S/C49H97NO5/c1-3-5-7-9-11-13-15-17-19-20-21-22-23-24-25-26-27-28-29-31-32-34-36-38-40-42-46(52)48(54)45(44-51)50-49(55)47(53)43-41-39-37-35-33-30-18-16-14-12-10-8-6-4-2/h14,16,45-48,51-54H,3-13,15,17-44H2,1-2H3,(H,50,55)/b16-14-. The maximum atomic E-state index is 12.5. The Hall–Kier alpha value is -0.950. The van der Waals surface area contributed by atoms with E-state index in [1.165, 1.54) is 193 Å². The van der Waals surface area contributed by atoms with Gasteiger partial charge in [-0.2, -0.15) is 0 Å². The quantitative estimate of drug-likeness (QED) is 0.0312. The predicted octanol–water partition coefficient (Wildman–Crippen LogP) is 13.4. The summed E-state index contributed by atoms with van der Waals surface area (Å²) in [5.41, 5.74) is 0. The zero-order chi connectivity index (χ0) is 40.3. The third-order valence-corrected chi connectivity index (χ3v) is 11.7. The van der Waals surface area contributed by atoms with E-state index in [2.05, 4.69) is 31.3 Å². The number of carbonyl (C=O) groups is 1. The van der Waals surface area contributed by atoms with Crippen LogP contribution in [-0.2, 0) is 4.79 Å². The summed E-state index contributed by atoms with van der Waals surface area (Å²) in [5, 5.41) is 43.8. The van der Waals surface area contributed by atoms with Crippen LogP contribution in [0.5, 0.6) is 0 Å². The molecule has 4 unspecified atom stereocenters. The van der Waals surface area contributed by atoms with E-state index in [0.29, 0.717) is 12.8 Å². The van der Waals surface area contributed by atoms with Crippen molar-refractivity contribution in [1.82, 2.24) is 5.32 Å². The van der Waals surface area contributed by atoms with Crippen LogP contribution in [0.2, 0.25) is 0 Å². The average molecular weight is 780 g/mol. The molecule has 328 valence electrons. The zero-order valence-electron chi connectivity index (χ0n) is 36.9. The monoisotopic (exact) mass is 780 g/mol. The van der Waals surface area contributed by atoms with Gasteiger partial charge in [-0.25, -0.2) is 0 Å². The number of allylic oxidation sites excluding steroid dienone is 2. The minimum absolute atomic E-state index is 0.364. The normalized spacial score (nSPS) is 14.1. The average Bonchev–Trinajstić information content (AvgIpc) is 3.19. The molecule has 5 N–H and O–H groups in total. The third kappa shape index (κ3) is 38.3. The lowest BCUT2D eigenvalue weighted by Crippen LogP contribution is -2.53. The summed E-state index contributed by atoms with van der Waals surface area (Å²) in [7, 11) is 0. The Labute approximate surface area is 342 Å². The van der Waals surface area contributed by atoms with Crippen LogP contribution in [-0.4, -0.2) is 57.3 Å². The Balaban J connectivity index is 3.63. The second kappa shape index (κ2) is 44.2. The number of nitrogens with one attached hydrogen (secondary N) is 1. The van der Waals surface area contributed by atoms with Gasteiger partial charge in [0, 0.05) is 0 Å². The first-order valence-corrected chi connectivity index (χ1v) is 24.6. The highest BCUT2D eigenvalue weighted by molar-refractivity contribution is 5.80. The molecule has 0 heterocycles. The summed E-state index contributed by atoms with van der Waals surface area (Å²) >= 11 is 0. The van der Waals surface area contributed by atoms with E-state index in [1.807, 2.05) is 0 Å². The lowest BCUT2D eigenvalue weighted by Gasteiger charge is -2.27. The van der Waals surface area contributed by atoms with Crippen molar-refractivity contribution >= 4 is 5.91 Å². The minimum atomic E-state index is -1.26. The second-order valence-corrected chi connectivity index (χ2v) is 17.2. The fourth-order valence-electron chi connectivity index (χ4n) is 7.81. The molecule has 0 saturated carbocycles. The molecule has 0 aromatic carbocycles. The van der Waals surface area contributed by atoms with Gasteiger partial charge in [0.05, 0.1) is 18.8 Å². The van der Waals surface area contributed by atoms with Gasteiger partial charge in [0.1, 0.15) is 12.2 Å². The molecule has 0 fully saturated rings. The van der Waals surface area contributed by atoms with Gasteiger partial charge < -0.3 is 25.7 Å². The third-order valence-electron chi connectivity index (χ3n) is 11.7. The smallest absolute Gasteiger partial charge is 0.249 e. The van der Waals surface area contributed by atoms with Crippen LogP contribution in [0.4, 0.5) is 0 Å². The maximum absolute atomic E-state index is 12.5. The van der Waals surface area contributed by atoms with Crippen LogP contribution < -0.4 is 5.32 Å². The topological polar surface area (TPSA) is 110 Å². The summed E-state index contributed by atoms with van der Waals surface area (Å²) in [6, 6.07) is -0.984. The fourth-order valence-corrected chi connectivity index (χ4v) is 7.81. The van der Waals surface area contributed by atoms with E-state index >= 15 is 0 Å². The van der Waals surface area contributed by atoms with Crippen molar-refractivity contribution in [2.24, 2.45) is 0 Å². The number of unbranched alkanes of at least 4 members (excludes halogenated alkanes) is 34. The second-order valence-electron chi connectivity index (χ2n) is 17.2. The van der Waals surface area contributed by atoms with Gasteiger partial charge >= 0.3 is 0 Å². The van der Waals surface area contributed by atoms with E-state index in [4.69, 9.17) is 0 Å². The van der Waals surface area contributed by atoms with Crippen molar-refractivity contribution in [3.05, 3.63) is 12.2 Å². The molecule has 1 amide bonds. The Morgan fingerprint density at radius 2 is 0.727 bits per heavy atom. The highest BCUT2D eigenvalue weighted by Crippen LogP contribution is 2.17. The fraction of sp³-hybridized carbons (Fsp3) is 0.939. The summed E-state index contributed by atoms with van der Waals surface area (Å²) in [5.74, 6) is -0.586. The first-order valence-electron chi connectivity index (χ1n) is 24.6. The van der Waals surface area contributed by atoms with Crippen LogP contribution in [0.1, 0.15) is 264 Å². The van der Waals surface area contributed by atoms with Gasteiger partial charge in [0.15, 0.2) is 0 Å². The zero-order valence-corrected chi connectivity index (χ0v) is 36.9. The Morgan fingerprint density at radius 1 is 0.436 bits per heavy atom. The van der Waals surface area contributed by atoms with Gasteiger partial charge in [0.2, 0.25) is 5.91 Å². The molecule has 0 radical (unpaired) electrons. The SMILES string of the molecule is CCCCCC/C=C\CCCCCCCCC(O)C(=O)NC(CO)C(O)C(O)CCCCCCCCCCCCCCCCCCCCCCCCCCC. The van der Waals surface area contributed by atoms with E-state index in [-0.39, 0.29) is 0 Å². The molecule has 0 aliphatic carbocycles. The molecule has 0 aliphatic rings. The molecule has 4 atom stereocenters. The first kappa shape index (κ1) is 54.0. The van der Waals surface area contributed by atoms with Gasteiger partial charge in [0.25, 0.3) is 0 Å². The van der Waals surface area contributed by atoms with Crippen LogP contribution in [0, 0.1) is 0 Å². The highest BCUT2D eigenvalue weighted by atomic mass is 16.3. The summed E-state index contributed by atoms with van der Waals surface area (Å²) in [4.78, 5) is 12.5. The summed E-state index contributed by atoms with van der Waals surface area (Å²) in [6.07, 6.45) is 49.7.